The van der Waals surface area contributed by atoms with Crippen LogP contribution in [0.2, 0.25) is 4.34 Å². The number of halogens is 1. The summed E-state index contributed by atoms with van der Waals surface area (Å²) in [5.74, 6) is 0. The zero-order chi connectivity index (χ0) is 9.97. The van der Waals surface area contributed by atoms with Crippen LogP contribution in [0.1, 0.15) is 43.5 Å². The molecule has 1 aromatic rings. The van der Waals surface area contributed by atoms with Gasteiger partial charge in [-0.25, -0.2) is 0 Å². The Balaban J connectivity index is 1.91. The van der Waals surface area contributed by atoms with Crippen molar-refractivity contribution in [2.24, 2.45) is 0 Å². The minimum atomic E-state index is 0.454. The van der Waals surface area contributed by atoms with Gasteiger partial charge in [0.05, 0.1) is 4.34 Å². The molecule has 78 valence electrons. The van der Waals surface area contributed by atoms with E-state index in [1.807, 2.05) is 6.07 Å². The van der Waals surface area contributed by atoms with E-state index in [0.717, 1.165) is 10.4 Å². The van der Waals surface area contributed by atoms with Crippen molar-refractivity contribution in [3.05, 3.63) is 21.3 Å². The molecule has 14 heavy (non-hydrogen) atoms. The van der Waals surface area contributed by atoms with E-state index in [1.165, 1.54) is 30.6 Å². The van der Waals surface area contributed by atoms with E-state index in [0.29, 0.717) is 6.04 Å². The Kier molecular flexibility index (Phi) is 3.47. The molecule has 2 rings (SSSR count). The zero-order valence-electron chi connectivity index (χ0n) is 8.42. The van der Waals surface area contributed by atoms with Crippen LogP contribution >= 0.6 is 22.9 Å². The highest BCUT2D eigenvalue weighted by molar-refractivity contribution is 7.16. The third-order valence-corrected chi connectivity index (χ3v) is 4.28. The van der Waals surface area contributed by atoms with Gasteiger partial charge >= 0.3 is 0 Å². The Bertz CT molecular complexity index is 291. The minimum Gasteiger partial charge on any atom is -0.307 e. The Hall–Kier alpha value is -0.0500. The SMILES string of the molecule is C[C@H](NC1CCCC1)c1ccc(Cl)s1. The first-order chi connectivity index (χ1) is 6.75. The monoisotopic (exact) mass is 229 g/mol. The van der Waals surface area contributed by atoms with Crippen LogP contribution in [0.25, 0.3) is 0 Å². The van der Waals surface area contributed by atoms with Crippen LogP contribution < -0.4 is 5.32 Å². The van der Waals surface area contributed by atoms with Crippen LogP contribution in [0, 0.1) is 0 Å². The highest BCUT2D eigenvalue weighted by Crippen LogP contribution is 2.28. The molecule has 0 aromatic carbocycles. The predicted molar refractivity (Wildman–Crippen MR) is 63.1 cm³/mol. The quantitative estimate of drug-likeness (QED) is 0.827. The van der Waals surface area contributed by atoms with Gasteiger partial charge < -0.3 is 5.32 Å². The van der Waals surface area contributed by atoms with Crippen LogP contribution in [-0.4, -0.2) is 6.04 Å². The van der Waals surface area contributed by atoms with Gasteiger partial charge in [0, 0.05) is 17.0 Å². The second-order valence-corrected chi connectivity index (χ2v) is 5.76. The maximum absolute atomic E-state index is 5.91. The molecule has 1 N–H and O–H groups in total. The average Bonchev–Trinajstić information content (AvgIpc) is 2.75. The van der Waals surface area contributed by atoms with E-state index < -0.39 is 0 Å². The summed E-state index contributed by atoms with van der Waals surface area (Å²) in [5, 5.41) is 3.66. The number of nitrogens with one attached hydrogen (secondary N) is 1. The molecule has 1 fully saturated rings. The first-order valence-corrected chi connectivity index (χ1v) is 6.46. The van der Waals surface area contributed by atoms with E-state index >= 15 is 0 Å². The Morgan fingerprint density at radius 2 is 2.14 bits per heavy atom. The molecule has 1 aliphatic rings. The van der Waals surface area contributed by atoms with E-state index in [4.69, 9.17) is 11.6 Å². The summed E-state index contributed by atoms with van der Waals surface area (Å²) in [6.45, 7) is 2.22. The molecule has 1 saturated carbocycles. The van der Waals surface area contributed by atoms with Crippen LogP contribution in [0.15, 0.2) is 12.1 Å². The summed E-state index contributed by atoms with van der Waals surface area (Å²) in [4.78, 5) is 1.35. The lowest BCUT2D eigenvalue weighted by Gasteiger charge is -2.17. The van der Waals surface area contributed by atoms with Crippen molar-refractivity contribution in [1.29, 1.82) is 0 Å². The van der Waals surface area contributed by atoms with Gasteiger partial charge in [-0.2, -0.15) is 0 Å². The molecule has 1 heterocycles. The molecule has 0 unspecified atom stereocenters. The van der Waals surface area contributed by atoms with E-state index in [-0.39, 0.29) is 0 Å². The molecule has 1 nitrogen and oxygen atoms in total. The molecular weight excluding hydrogens is 214 g/mol. The number of rotatable bonds is 3. The van der Waals surface area contributed by atoms with E-state index in [9.17, 15) is 0 Å². The summed E-state index contributed by atoms with van der Waals surface area (Å²) in [7, 11) is 0. The number of thiophene rings is 1. The van der Waals surface area contributed by atoms with Gasteiger partial charge in [-0.05, 0) is 31.9 Å². The van der Waals surface area contributed by atoms with Gasteiger partial charge in [0.25, 0.3) is 0 Å². The fourth-order valence-electron chi connectivity index (χ4n) is 2.09. The zero-order valence-corrected chi connectivity index (χ0v) is 10.00. The average molecular weight is 230 g/mol. The minimum absolute atomic E-state index is 0.454. The van der Waals surface area contributed by atoms with Gasteiger partial charge in [0.1, 0.15) is 0 Å². The summed E-state index contributed by atoms with van der Waals surface area (Å²) < 4.78 is 0.889. The summed E-state index contributed by atoms with van der Waals surface area (Å²) in [6, 6.07) is 5.29. The smallest absolute Gasteiger partial charge is 0.0931 e. The van der Waals surface area contributed by atoms with Crippen molar-refractivity contribution in [2.45, 2.75) is 44.7 Å². The lowest BCUT2D eigenvalue weighted by Crippen LogP contribution is -2.28. The maximum atomic E-state index is 5.91. The normalized spacial score (nSPS) is 20.1. The second-order valence-electron chi connectivity index (χ2n) is 4.01. The number of hydrogen-bond donors (Lipinski definition) is 1. The molecule has 1 aromatic heterocycles. The second kappa shape index (κ2) is 4.65. The van der Waals surface area contributed by atoms with E-state index in [1.54, 1.807) is 11.3 Å². The van der Waals surface area contributed by atoms with Gasteiger partial charge in [-0.1, -0.05) is 24.4 Å². The van der Waals surface area contributed by atoms with Crippen LogP contribution in [-0.2, 0) is 0 Å². The largest absolute Gasteiger partial charge is 0.307 e. The van der Waals surface area contributed by atoms with Crippen molar-refractivity contribution < 1.29 is 0 Å². The Labute approximate surface area is 94.5 Å². The molecule has 0 spiro atoms. The molecule has 0 saturated heterocycles. The fourth-order valence-corrected chi connectivity index (χ4v) is 3.16. The first kappa shape index (κ1) is 10.5. The predicted octanol–water partition coefficient (Wildman–Crippen LogP) is 3.99. The van der Waals surface area contributed by atoms with Gasteiger partial charge in [-0.15, -0.1) is 11.3 Å². The van der Waals surface area contributed by atoms with Crippen molar-refractivity contribution in [3.63, 3.8) is 0 Å². The highest BCUT2D eigenvalue weighted by Gasteiger charge is 2.18. The standard InChI is InChI=1S/C11H16ClNS/c1-8(10-6-7-11(12)14-10)13-9-4-2-3-5-9/h6-9,13H,2-5H2,1H3/t8-/m0/s1. The van der Waals surface area contributed by atoms with Gasteiger partial charge in [0.2, 0.25) is 0 Å². The summed E-state index contributed by atoms with van der Waals surface area (Å²) in [5.41, 5.74) is 0. The molecule has 1 atom stereocenters. The van der Waals surface area contributed by atoms with E-state index in [2.05, 4.69) is 18.3 Å². The molecule has 1 aliphatic carbocycles. The van der Waals surface area contributed by atoms with Crippen molar-refractivity contribution >= 4 is 22.9 Å². The van der Waals surface area contributed by atoms with Gasteiger partial charge in [-0.3, -0.25) is 0 Å². The van der Waals surface area contributed by atoms with Crippen LogP contribution in [0.5, 0.6) is 0 Å². The first-order valence-electron chi connectivity index (χ1n) is 5.27. The number of hydrogen-bond acceptors (Lipinski definition) is 2. The summed E-state index contributed by atoms with van der Waals surface area (Å²) >= 11 is 7.59. The van der Waals surface area contributed by atoms with Crippen molar-refractivity contribution in [3.8, 4) is 0 Å². The summed E-state index contributed by atoms with van der Waals surface area (Å²) in [6.07, 6.45) is 5.44. The molecule has 0 amide bonds. The fraction of sp³-hybridized carbons (Fsp3) is 0.636. The third-order valence-electron chi connectivity index (χ3n) is 2.86. The van der Waals surface area contributed by atoms with Gasteiger partial charge in [0.15, 0.2) is 0 Å². The lowest BCUT2D eigenvalue weighted by molar-refractivity contribution is 0.465. The lowest BCUT2D eigenvalue weighted by atomic mass is 10.2. The molecule has 0 radical (unpaired) electrons. The Morgan fingerprint density at radius 3 is 2.71 bits per heavy atom. The van der Waals surface area contributed by atoms with Crippen molar-refractivity contribution in [1.82, 2.24) is 5.32 Å². The van der Waals surface area contributed by atoms with Crippen molar-refractivity contribution in [2.75, 3.05) is 0 Å². The highest BCUT2D eigenvalue weighted by atomic mass is 35.5. The molecule has 0 bridgehead atoms. The molecule has 0 aliphatic heterocycles. The maximum Gasteiger partial charge on any atom is 0.0931 e. The topological polar surface area (TPSA) is 12.0 Å². The van der Waals surface area contributed by atoms with Crippen LogP contribution in [0.3, 0.4) is 0 Å². The third kappa shape index (κ3) is 2.50. The van der Waals surface area contributed by atoms with Crippen LogP contribution in [0.4, 0.5) is 0 Å². The Morgan fingerprint density at radius 1 is 1.43 bits per heavy atom. The molecule has 3 heteroatoms. The molecular formula is C11H16ClNS.